The van der Waals surface area contributed by atoms with Gasteiger partial charge in [0.2, 0.25) is 5.91 Å². The SMILES string of the molecule is COc1ccc(OC)c(NC(=O)CSc2nnc(-c3cccc(C)c3)n2C2CCCCC2C)c1. The summed E-state index contributed by atoms with van der Waals surface area (Å²) < 4.78 is 12.9. The van der Waals surface area contributed by atoms with Gasteiger partial charge in [-0.1, -0.05) is 55.3 Å². The van der Waals surface area contributed by atoms with Crippen LogP contribution in [0.1, 0.15) is 44.2 Å². The molecular weight excluding hydrogens is 448 g/mol. The Labute approximate surface area is 205 Å². The van der Waals surface area contributed by atoms with Crippen molar-refractivity contribution >= 4 is 23.4 Å². The van der Waals surface area contributed by atoms with Gasteiger partial charge in [-0.15, -0.1) is 10.2 Å². The summed E-state index contributed by atoms with van der Waals surface area (Å²) in [6.07, 6.45) is 4.74. The maximum Gasteiger partial charge on any atom is 0.234 e. The van der Waals surface area contributed by atoms with Crippen molar-refractivity contribution in [2.45, 2.75) is 50.7 Å². The topological polar surface area (TPSA) is 78.3 Å². The molecule has 1 aliphatic rings. The van der Waals surface area contributed by atoms with E-state index >= 15 is 0 Å². The third-order valence-electron chi connectivity index (χ3n) is 6.35. The summed E-state index contributed by atoms with van der Waals surface area (Å²) in [7, 11) is 3.17. The first-order valence-electron chi connectivity index (χ1n) is 11.7. The molecule has 1 N–H and O–H groups in total. The van der Waals surface area contributed by atoms with Crippen molar-refractivity contribution in [3.05, 3.63) is 48.0 Å². The lowest BCUT2D eigenvalue weighted by molar-refractivity contribution is -0.113. The summed E-state index contributed by atoms with van der Waals surface area (Å²) in [5, 5.41) is 12.8. The minimum atomic E-state index is -0.139. The van der Waals surface area contributed by atoms with Crippen molar-refractivity contribution in [3.63, 3.8) is 0 Å². The Morgan fingerprint density at radius 3 is 2.68 bits per heavy atom. The molecule has 0 aliphatic heterocycles. The smallest absolute Gasteiger partial charge is 0.234 e. The highest BCUT2D eigenvalue weighted by Crippen LogP contribution is 2.39. The van der Waals surface area contributed by atoms with E-state index in [0.29, 0.717) is 29.1 Å². The maximum atomic E-state index is 12.8. The number of thioether (sulfide) groups is 1. The van der Waals surface area contributed by atoms with E-state index in [4.69, 9.17) is 9.47 Å². The average molecular weight is 481 g/mol. The van der Waals surface area contributed by atoms with Gasteiger partial charge in [-0.2, -0.15) is 0 Å². The van der Waals surface area contributed by atoms with Gasteiger partial charge >= 0.3 is 0 Å². The highest BCUT2D eigenvalue weighted by atomic mass is 32.2. The minimum Gasteiger partial charge on any atom is -0.497 e. The molecule has 34 heavy (non-hydrogen) atoms. The molecule has 2 aromatic carbocycles. The van der Waals surface area contributed by atoms with Crippen LogP contribution < -0.4 is 14.8 Å². The number of anilines is 1. The van der Waals surface area contributed by atoms with E-state index in [2.05, 4.69) is 58.2 Å². The molecule has 2 unspecified atom stereocenters. The van der Waals surface area contributed by atoms with Crippen molar-refractivity contribution in [3.8, 4) is 22.9 Å². The lowest BCUT2D eigenvalue weighted by Crippen LogP contribution is -2.23. The first kappa shape index (κ1) is 24.1. The Morgan fingerprint density at radius 2 is 1.94 bits per heavy atom. The van der Waals surface area contributed by atoms with Crippen molar-refractivity contribution in [1.82, 2.24) is 14.8 Å². The van der Waals surface area contributed by atoms with Crippen LogP contribution >= 0.6 is 11.8 Å². The van der Waals surface area contributed by atoms with Gasteiger partial charge < -0.3 is 14.8 Å². The molecule has 0 spiro atoms. The van der Waals surface area contributed by atoms with Gasteiger partial charge in [-0.05, 0) is 43.9 Å². The zero-order valence-electron chi connectivity index (χ0n) is 20.2. The van der Waals surface area contributed by atoms with E-state index in [-0.39, 0.29) is 11.7 Å². The number of nitrogens with one attached hydrogen (secondary N) is 1. The van der Waals surface area contributed by atoms with E-state index in [0.717, 1.165) is 23.0 Å². The van der Waals surface area contributed by atoms with Crippen LogP contribution in [0.2, 0.25) is 0 Å². The van der Waals surface area contributed by atoms with Crippen molar-refractivity contribution in [2.24, 2.45) is 5.92 Å². The second-order valence-corrected chi connectivity index (χ2v) is 9.72. The van der Waals surface area contributed by atoms with Gasteiger partial charge in [-0.25, -0.2) is 0 Å². The number of hydrogen-bond donors (Lipinski definition) is 1. The lowest BCUT2D eigenvalue weighted by Gasteiger charge is -2.31. The third-order valence-corrected chi connectivity index (χ3v) is 7.29. The first-order chi connectivity index (χ1) is 16.5. The summed E-state index contributed by atoms with van der Waals surface area (Å²) in [5.74, 6) is 2.72. The van der Waals surface area contributed by atoms with E-state index < -0.39 is 0 Å². The molecule has 1 aliphatic carbocycles. The number of aryl methyl sites for hydroxylation is 1. The fourth-order valence-corrected chi connectivity index (χ4v) is 5.36. The number of carbonyl (C=O) groups is 1. The van der Waals surface area contributed by atoms with Gasteiger partial charge in [-0.3, -0.25) is 9.36 Å². The van der Waals surface area contributed by atoms with Crippen LogP contribution in [0.5, 0.6) is 11.5 Å². The molecule has 1 saturated carbocycles. The molecule has 1 fully saturated rings. The zero-order valence-corrected chi connectivity index (χ0v) is 21.0. The summed E-state index contributed by atoms with van der Waals surface area (Å²) in [6, 6.07) is 14.0. The molecule has 8 heteroatoms. The fraction of sp³-hybridized carbons (Fsp3) is 0.423. The Morgan fingerprint density at radius 1 is 1.12 bits per heavy atom. The second-order valence-electron chi connectivity index (χ2n) is 8.78. The molecule has 180 valence electrons. The van der Waals surface area contributed by atoms with E-state index in [1.54, 1.807) is 32.4 Å². The van der Waals surface area contributed by atoms with E-state index in [1.807, 2.05) is 0 Å². The van der Waals surface area contributed by atoms with Crippen LogP contribution in [-0.4, -0.2) is 40.6 Å². The third kappa shape index (κ3) is 5.38. The quantitative estimate of drug-likeness (QED) is 0.414. The zero-order chi connectivity index (χ0) is 24.1. The van der Waals surface area contributed by atoms with Crippen LogP contribution in [0.25, 0.3) is 11.4 Å². The number of benzene rings is 2. The molecule has 1 amide bonds. The van der Waals surface area contributed by atoms with Crippen molar-refractivity contribution in [2.75, 3.05) is 25.3 Å². The number of hydrogen-bond acceptors (Lipinski definition) is 6. The molecule has 3 aromatic rings. The highest BCUT2D eigenvalue weighted by Gasteiger charge is 2.29. The summed E-state index contributed by atoms with van der Waals surface area (Å²) in [6.45, 7) is 4.39. The maximum absolute atomic E-state index is 12.8. The summed E-state index contributed by atoms with van der Waals surface area (Å²) in [4.78, 5) is 12.8. The van der Waals surface area contributed by atoms with E-state index in [9.17, 15) is 4.79 Å². The summed E-state index contributed by atoms with van der Waals surface area (Å²) in [5.41, 5.74) is 2.82. The molecule has 0 saturated heterocycles. The molecule has 0 bridgehead atoms. The average Bonchev–Trinajstić information content (AvgIpc) is 3.26. The first-order valence-corrected chi connectivity index (χ1v) is 12.7. The van der Waals surface area contributed by atoms with Gasteiger partial charge in [0.15, 0.2) is 11.0 Å². The van der Waals surface area contributed by atoms with Crippen LogP contribution in [-0.2, 0) is 4.79 Å². The normalized spacial score (nSPS) is 17.9. The van der Waals surface area contributed by atoms with Crippen LogP contribution in [0.4, 0.5) is 5.69 Å². The molecule has 0 radical (unpaired) electrons. The number of methoxy groups -OCH3 is 2. The predicted octanol–water partition coefficient (Wildman–Crippen LogP) is 5.75. The van der Waals surface area contributed by atoms with Gasteiger partial charge in [0, 0.05) is 17.7 Å². The molecule has 4 rings (SSSR count). The van der Waals surface area contributed by atoms with Gasteiger partial charge in [0.05, 0.1) is 25.7 Å². The summed E-state index contributed by atoms with van der Waals surface area (Å²) >= 11 is 1.42. The lowest BCUT2D eigenvalue weighted by atomic mass is 9.85. The van der Waals surface area contributed by atoms with Crippen LogP contribution in [0, 0.1) is 12.8 Å². The number of carbonyl (C=O) groups excluding carboxylic acids is 1. The molecule has 1 aromatic heterocycles. The van der Waals surface area contributed by atoms with Crippen molar-refractivity contribution < 1.29 is 14.3 Å². The molecule has 1 heterocycles. The number of aromatic nitrogens is 3. The number of ether oxygens (including phenoxy) is 2. The van der Waals surface area contributed by atoms with E-state index in [1.165, 1.54) is 36.6 Å². The minimum absolute atomic E-state index is 0.139. The second kappa shape index (κ2) is 11.0. The number of nitrogens with zero attached hydrogens (tertiary/aromatic N) is 3. The van der Waals surface area contributed by atoms with Crippen LogP contribution in [0.15, 0.2) is 47.6 Å². The predicted molar refractivity (Wildman–Crippen MR) is 136 cm³/mol. The fourth-order valence-electron chi connectivity index (χ4n) is 4.56. The molecule has 2 atom stereocenters. The Balaban J connectivity index is 1.57. The monoisotopic (exact) mass is 480 g/mol. The Hall–Kier alpha value is -3.00. The number of amides is 1. The van der Waals surface area contributed by atoms with Gasteiger partial charge in [0.1, 0.15) is 11.5 Å². The van der Waals surface area contributed by atoms with Crippen molar-refractivity contribution in [1.29, 1.82) is 0 Å². The Kier molecular flexibility index (Phi) is 7.77. The molecular formula is C26H32N4O3S. The largest absolute Gasteiger partial charge is 0.497 e. The Bertz CT molecular complexity index is 1150. The standard InChI is InChI=1S/C26H32N4O3S/c1-17-8-7-10-19(14-17)25-28-29-26(30(25)22-11-6-5-9-18(22)2)34-16-24(31)27-21-15-20(32-3)12-13-23(21)33-4/h7-8,10,12-15,18,22H,5-6,9,11,16H2,1-4H3,(H,27,31). The molecule has 7 nitrogen and oxygen atoms in total. The van der Waals surface area contributed by atoms with Gasteiger partial charge in [0.25, 0.3) is 0 Å². The number of rotatable bonds is 8. The highest BCUT2D eigenvalue weighted by molar-refractivity contribution is 7.99. The van der Waals surface area contributed by atoms with Crippen LogP contribution in [0.3, 0.4) is 0 Å².